The summed E-state index contributed by atoms with van der Waals surface area (Å²) in [7, 11) is -3.61. The molecule has 7 nitrogen and oxygen atoms in total. The number of aliphatic imine (C=N–C) groups is 1. The molecule has 0 aromatic heterocycles. The molecule has 0 saturated carbocycles. The Hall–Kier alpha value is -1.93. The molecule has 0 spiro atoms. The van der Waals surface area contributed by atoms with Crippen LogP contribution in [0.25, 0.3) is 0 Å². The molecule has 1 saturated heterocycles. The van der Waals surface area contributed by atoms with Crippen LogP contribution < -0.4 is 4.72 Å². The lowest BCUT2D eigenvalue weighted by Crippen LogP contribution is -2.44. The third-order valence-corrected chi connectivity index (χ3v) is 5.19. The summed E-state index contributed by atoms with van der Waals surface area (Å²) in [6.07, 6.45) is 0. The van der Waals surface area contributed by atoms with Gasteiger partial charge in [-0.05, 0) is 19.1 Å². The summed E-state index contributed by atoms with van der Waals surface area (Å²) in [6.45, 7) is 4.95. The number of carbonyl (C=O) groups excluding carboxylic acids is 1. The van der Waals surface area contributed by atoms with Crippen LogP contribution in [0.3, 0.4) is 0 Å². The number of amidine groups is 1. The van der Waals surface area contributed by atoms with Gasteiger partial charge in [0.1, 0.15) is 18.5 Å². The molecule has 8 heteroatoms. The molecule has 2 aliphatic rings. The Morgan fingerprint density at radius 2 is 2.13 bits per heavy atom. The molecule has 0 bridgehead atoms. The number of fused-ring (bicyclic) bond motifs is 1. The van der Waals surface area contributed by atoms with Crippen molar-refractivity contribution in [3.8, 4) is 0 Å². The fraction of sp³-hybridized carbons (Fsp3) is 0.467. The van der Waals surface area contributed by atoms with Crippen LogP contribution >= 0.6 is 0 Å². The Kier molecular flexibility index (Phi) is 3.89. The average Bonchev–Trinajstić information content (AvgIpc) is 2.74. The zero-order valence-corrected chi connectivity index (χ0v) is 13.7. The first-order valence-corrected chi connectivity index (χ1v) is 8.73. The number of rotatable bonds is 4. The number of esters is 1. The molecule has 1 N–H and O–H groups in total. The SMILES string of the molecule is CC(N=C1NS(=O)(=O)c2ccccc21)C(=O)OCC1(C)COC1. The Balaban J connectivity index is 1.73. The van der Waals surface area contributed by atoms with Gasteiger partial charge >= 0.3 is 5.97 Å². The third kappa shape index (κ3) is 3.09. The summed E-state index contributed by atoms with van der Waals surface area (Å²) in [4.78, 5) is 16.4. The topological polar surface area (TPSA) is 94.1 Å². The van der Waals surface area contributed by atoms with Gasteiger partial charge in [0.15, 0.2) is 0 Å². The Morgan fingerprint density at radius 3 is 2.78 bits per heavy atom. The molecular formula is C15H18N2O5S. The molecule has 0 radical (unpaired) electrons. The van der Waals surface area contributed by atoms with E-state index in [-0.39, 0.29) is 22.8 Å². The second-order valence-corrected chi connectivity index (χ2v) is 7.82. The minimum atomic E-state index is -3.61. The van der Waals surface area contributed by atoms with E-state index in [9.17, 15) is 13.2 Å². The van der Waals surface area contributed by atoms with E-state index >= 15 is 0 Å². The maximum absolute atomic E-state index is 12.0. The van der Waals surface area contributed by atoms with E-state index < -0.39 is 22.0 Å². The molecule has 0 amide bonds. The zero-order chi connectivity index (χ0) is 16.7. The van der Waals surface area contributed by atoms with Crippen LogP contribution in [0.1, 0.15) is 19.4 Å². The Labute approximate surface area is 134 Å². The van der Waals surface area contributed by atoms with Crippen LogP contribution in [-0.2, 0) is 24.3 Å². The van der Waals surface area contributed by atoms with Crippen molar-refractivity contribution in [3.05, 3.63) is 29.8 Å². The summed E-state index contributed by atoms with van der Waals surface area (Å²) in [5.41, 5.74) is 0.330. The minimum Gasteiger partial charge on any atom is -0.463 e. The van der Waals surface area contributed by atoms with Crippen LogP contribution in [0.15, 0.2) is 34.2 Å². The van der Waals surface area contributed by atoms with E-state index in [1.54, 1.807) is 25.1 Å². The van der Waals surface area contributed by atoms with Crippen LogP contribution in [0.2, 0.25) is 0 Å². The highest BCUT2D eigenvalue weighted by molar-refractivity contribution is 7.90. The number of hydrogen-bond acceptors (Lipinski definition) is 6. The summed E-state index contributed by atoms with van der Waals surface area (Å²) in [5.74, 6) is -0.322. The van der Waals surface area contributed by atoms with Gasteiger partial charge in [0.2, 0.25) is 0 Å². The van der Waals surface area contributed by atoms with Gasteiger partial charge in [0.05, 0.1) is 18.1 Å². The zero-order valence-electron chi connectivity index (χ0n) is 12.9. The van der Waals surface area contributed by atoms with E-state index in [1.165, 1.54) is 6.07 Å². The number of ether oxygens (including phenoxy) is 2. The third-order valence-electron chi connectivity index (χ3n) is 3.79. The molecule has 1 unspecified atom stereocenters. The molecule has 1 fully saturated rings. The van der Waals surface area contributed by atoms with Crippen molar-refractivity contribution in [2.45, 2.75) is 24.8 Å². The normalized spacial score (nSPS) is 23.5. The average molecular weight is 338 g/mol. The number of nitrogens with one attached hydrogen (secondary N) is 1. The van der Waals surface area contributed by atoms with Gasteiger partial charge in [-0.25, -0.2) is 13.2 Å². The standard InChI is InChI=1S/C15H18N2O5S/c1-10(14(18)22-9-15(2)7-21-8-15)16-13-11-5-3-4-6-12(11)23(19,20)17-13/h3-6,10H,7-9H2,1-2H3,(H,16,17). The van der Waals surface area contributed by atoms with Gasteiger partial charge in [-0.3, -0.25) is 9.71 Å². The lowest BCUT2D eigenvalue weighted by Gasteiger charge is -2.37. The predicted octanol–water partition coefficient (Wildman–Crippen LogP) is 0.693. The van der Waals surface area contributed by atoms with Crippen LogP contribution in [0, 0.1) is 5.41 Å². The summed E-state index contributed by atoms with van der Waals surface area (Å²) >= 11 is 0. The van der Waals surface area contributed by atoms with Crippen molar-refractivity contribution in [2.24, 2.45) is 10.4 Å². The van der Waals surface area contributed by atoms with Gasteiger partial charge in [-0.1, -0.05) is 19.1 Å². The summed E-state index contributed by atoms with van der Waals surface area (Å²) in [5, 5.41) is 0. The Bertz CT molecular complexity index is 768. The monoisotopic (exact) mass is 338 g/mol. The molecule has 1 atom stereocenters. The first-order chi connectivity index (χ1) is 10.8. The lowest BCUT2D eigenvalue weighted by atomic mass is 9.90. The summed E-state index contributed by atoms with van der Waals surface area (Å²) in [6, 6.07) is 5.71. The van der Waals surface area contributed by atoms with Crippen LogP contribution in [-0.4, -0.2) is 46.1 Å². The molecule has 1 aromatic carbocycles. The number of benzene rings is 1. The highest BCUT2D eigenvalue weighted by Crippen LogP contribution is 2.27. The quantitative estimate of drug-likeness (QED) is 0.815. The van der Waals surface area contributed by atoms with Gasteiger partial charge in [-0.2, -0.15) is 0 Å². The van der Waals surface area contributed by atoms with Crippen molar-refractivity contribution in [3.63, 3.8) is 0 Å². The number of hydrogen-bond donors (Lipinski definition) is 1. The second-order valence-electron chi connectivity index (χ2n) is 6.17. The first kappa shape index (κ1) is 15.9. The first-order valence-electron chi connectivity index (χ1n) is 7.25. The summed E-state index contributed by atoms with van der Waals surface area (Å²) < 4.78 is 36.7. The molecular weight excluding hydrogens is 320 g/mol. The highest BCUT2D eigenvalue weighted by Gasteiger charge is 2.36. The largest absolute Gasteiger partial charge is 0.463 e. The van der Waals surface area contributed by atoms with E-state index in [0.29, 0.717) is 18.8 Å². The van der Waals surface area contributed by atoms with Crippen molar-refractivity contribution in [2.75, 3.05) is 19.8 Å². The molecule has 3 rings (SSSR count). The minimum absolute atomic E-state index is 0.135. The van der Waals surface area contributed by atoms with Crippen molar-refractivity contribution in [1.29, 1.82) is 0 Å². The fourth-order valence-electron chi connectivity index (χ4n) is 2.38. The van der Waals surface area contributed by atoms with E-state index in [4.69, 9.17) is 9.47 Å². The van der Waals surface area contributed by atoms with Gasteiger partial charge < -0.3 is 9.47 Å². The van der Waals surface area contributed by atoms with E-state index in [2.05, 4.69) is 9.71 Å². The van der Waals surface area contributed by atoms with Crippen molar-refractivity contribution < 1.29 is 22.7 Å². The molecule has 23 heavy (non-hydrogen) atoms. The predicted molar refractivity (Wildman–Crippen MR) is 82.6 cm³/mol. The van der Waals surface area contributed by atoms with Crippen LogP contribution in [0.5, 0.6) is 0 Å². The maximum Gasteiger partial charge on any atom is 0.330 e. The smallest absolute Gasteiger partial charge is 0.330 e. The molecule has 1 aromatic rings. The fourth-order valence-corrected chi connectivity index (χ4v) is 3.62. The van der Waals surface area contributed by atoms with Crippen molar-refractivity contribution in [1.82, 2.24) is 4.72 Å². The molecule has 0 aliphatic carbocycles. The molecule has 2 heterocycles. The lowest BCUT2D eigenvalue weighted by molar-refractivity contribution is -0.166. The molecule has 2 aliphatic heterocycles. The van der Waals surface area contributed by atoms with E-state index in [0.717, 1.165) is 0 Å². The maximum atomic E-state index is 12.0. The molecule has 124 valence electrons. The number of sulfonamides is 1. The van der Waals surface area contributed by atoms with E-state index in [1.807, 2.05) is 6.92 Å². The number of nitrogens with zero attached hydrogens (tertiary/aromatic N) is 1. The second kappa shape index (κ2) is 5.61. The van der Waals surface area contributed by atoms with Gasteiger partial charge in [0.25, 0.3) is 10.0 Å². The Morgan fingerprint density at radius 1 is 1.43 bits per heavy atom. The van der Waals surface area contributed by atoms with Gasteiger partial charge in [-0.15, -0.1) is 0 Å². The number of carbonyl (C=O) groups is 1. The highest BCUT2D eigenvalue weighted by atomic mass is 32.2. The van der Waals surface area contributed by atoms with Crippen LogP contribution in [0.4, 0.5) is 0 Å². The van der Waals surface area contributed by atoms with Gasteiger partial charge in [0, 0.05) is 11.0 Å². The van der Waals surface area contributed by atoms with Crippen molar-refractivity contribution >= 4 is 21.8 Å².